The van der Waals surface area contributed by atoms with Crippen molar-refractivity contribution in [1.82, 2.24) is 4.98 Å². The second-order valence-electron chi connectivity index (χ2n) is 9.57. The van der Waals surface area contributed by atoms with Gasteiger partial charge in [-0.1, -0.05) is 72.3 Å². The second-order valence-corrected chi connectivity index (χ2v) is 10.8. The van der Waals surface area contributed by atoms with Crippen LogP contribution in [0.1, 0.15) is 45.1 Å². The number of anilines is 1. The van der Waals surface area contributed by atoms with Crippen molar-refractivity contribution in [3.05, 3.63) is 82.7 Å². The maximum atomic E-state index is 14.0. The fraction of sp³-hybridized carbons (Fsp3) is 0.321. The Bertz CT molecular complexity index is 1220. The molecule has 3 aromatic rings. The van der Waals surface area contributed by atoms with Crippen LogP contribution in [0.15, 0.2) is 72.1 Å². The molecule has 182 valence electrons. The zero-order valence-corrected chi connectivity index (χ0v) is 21.7. The van der Waals surface area contributed by atoms with E-state index in [1.165, 1.54) is 11.3 Å². The highest BCUT2D eigenvalue weighted by molar-refractivity contribution is 7.14. The molecule has 2 atom stereocenters. The normalized spacial score (nSPS) is 19.7. The Morgan fingerprint density at radius 3 is 2.54 bits per heavy atom. The van der Waals surface area contributed by atoms with Gasteiger partial charge in [0.1, 0.15) is 5.60 Å². The summed E-state index contributed by atoms with van der Waals surface area (Å²) in [5.74, 6) is -1.24. The second kappa shape index (κ2) is 10.8. The van der Waals surface area contributed by atoms with Crippen LogP contribution in [-0.4, -0.2) is 29.0 Å². The average Bonchev–Trinajstić information content (AvgIpc) is 3.28. The highest BCUT2D eigenvalue weighted by atomic mass is 35.5. The van der Waals surface area contributed by atoms with Gasteiger partial charge in [-0.2, -0.15) is 0 Å². The molecule has 1 aliphatic rings. The number of hydrogen-bond acceptors (Lipinski definition) is 5. The Kier molecular flexibility index (Phi) is 7.72. The summed E-state index contributed by atoms with van der Waals surface area (Å²) in [5.41, 5.74) is 1.94. The quantitative estimate of drug-likeness (QED) is 0.278. The van der Waals surface area contributed by atoms with Gasteiger partial charge in [0.15, 0.2) is 5.13 Å². The number of ether oxygens (including phenoxy) is 1. The predicted octanol–water partition coefficient (Wildman–Crippen LogP) is 6.89. The SMILES string of the molecule is CC(C)(C)OC(=O)CC1C(=O)N(c2nc(-c3ccccc3Cl)cs2)C/C=C\CC1c1ccccc1. The van der Waals surface area contributed by atoms with E-state index >= 15 is 0 Å². The summed E-state index contributed by atoms with van der Waals surface area (Å²) in [7, 11) is 0. The van der Waals surface area contributed by atoms with Gasteiger partial charge in [-0.25, -0.2) is 4.98 Å². The molecule has 2 unspecified atom stereocenters. The van der Waals surface area contributed by atoms with Crippen molar-refractivity contribution in [3.63, 3.8) is 0 Å². The molecule has 35 heavy (non-hydrogen) atoms. The van der Waals surface area contributed by atoms with Gasteiger partial charge < -0.3 is 4.74 Å². The first-order valence-electron chi connectivity index (χ1n) is 11.7. The van der Waals surface area contributed by atoms with Crippen LogP contribution in [0, 0.1) is 5.92 Å². The fourth-order valence-electron chi connectivity index (χ4n) is 4.26. The number of carbonyl (C=O) groups excluding carboxylic acids is 2. The lowest BCUT2D eigenvalue weighted by Crippen LogP contribution is -2.41. The molecule has 1 aromatic heterocycles. The third kappa shape index (κ3) is 6.19. The number of thiazole rings is 1. The average molecular weight is 509 g/mol. The molecule has 2 aromatic carbocycles. The van der Waals surface area contributed by atoms with Crippen molar-refractivity contribution in [2.75, 3.05) is 11.4 Å². The van der Waals surface area contributed by atoms with E-state index in [9.17, 15) is 9.59 Å². The van der Waals surface area contributed by atoms with Crippen LogP contribution in [0.3, 0.4) is 0 Å². The third-order valence-corrected chi connectivity index (χ3v) is 7.01. The highest BCUT2D eigenvalue weighted by Gasteiger charge is 2.37. The minimum atomic E-state index is -0.622. The molecule has 4 rings (SSSR count). The van der Waals surface area contributed by atoms with E-state index in [1.807, 2.05) is 86.8 Å². The Balaban J connectivity index is 1.69. The van der Waals surface area contributed by atoms with Crippen LogP contribution < -0.4 is 4.90 Å². The largest absolute Gasteiger partial charge is 0.460 e. The highest BCUT2D eigenvalue weighted by Crippen LogP contribution is 2.37. The van der Waals surface area contributed by atoms with Gasteiger partial charge in [-0.05, 0) is 44.7 Å². The molecule has 5 nitrogen and oxygen atoms in total. The molecule has 2 heterocycles. The summed E-state index contributed by atoms with van der Waals surface area (Å²) >= 11 is 7.76. The molecule has 7 heteroatoms. The topological polar surface area (TPSA) is 59.5 Å². The Morgan fingerprint density at radius 1 is 1.11 bits per heavy atom. The van der Waals surface area contributed by atoms with E-state index in [0.29, 0.717) is 23.1 Å². The van der Waals surface area contributed by atoms with Crippen LogP contribution in [0.4, 0.5) is 5.13 Å². The van der Waals surface area contributed by atoms with Crippen molar-refractivity contribution < 1.29 is 14.3 Å². The lowest BCUT2D eigenvalue weighted by Gasteiger charge is -2.32. The number of amides is 1. The van der Waals surface area contributed by atoms with Crippen LogP contribution in [0.5, 0.6) is 0 Å². The summed E-state index contributed by atoms with van der Waals surface area (Å²) in [5, 5.41) is 3.09. The standard InChI is InChI=1S/C28H29ClN2O3S/c1-28(2,3)34-25(32)17-22-20(19-11-5-4-6-12-19)13-9-10-16-31(26(22)33)27-30-24(18-35-27)21-14-7-8-15-23(21)29/h4-12,14-15,18,20,22H,13,16-17H2,1-3H3/b10-9-. The molecule has 0 fully saturated rings. The maximum absolute atomic E-state index is 14.0. The van der Waals surface area contributed by atoms with Gasteiger partial charge in [0.05, 0.1) is 18.0 Å². The first-order chi connectivity index (χ1) is 16.7. The molecule has 0 saturated carbocycles. The Hall–Kier alpha value is -2.96. The number of carbonyl (C=O) groups is 2. The zero-order valence-electron chi connectivity index (χ0n) is 20.1. The van der Waals surface area contributed by atoms with Crippen LogP contribution in [-0.2, 0) is 14.3 Å². The Morgan fingerprint density at radius 2 is 1.83 bits per heavy atom. The van der Waals surface area contributed by atoms with Crippen LogP contribution >= 0.6 is 22.9 Å². The van der Waals surface area contributed by atoms with Crippen molar-refractivity contribution >= 4 is 39.9 Å². The third-order valence-electron chi connectivity index (χ3n) is 5.82. The summed E-state index contributed by atoms with van der Waals surface area (Å²) in [4.78, 5) is 33.3. The lowest BCUT2D eigenvalue weighted by atomic mass is 9.80. The van der Waals surface area contributed by atoms with E-state index in [4.69, 9.17) is 21.3 Å². The van der Waals surface area contributed by atoms with Gasteiger partial charge in [0.25, 0.3) is 0 Å². The summed E-state index contributed by atoms with van der Waals surface area (Å²) in [6, 6.07) is 17.4. The summed E-state index contributed by atoms with van der Waals surface area (Å²) in [6.45, 7) is 5.89. The Labute approximate surface area is 215 Å². The number of halogens is 1. The number of rotatable bonds is 5. The van der Waals surface area contributed by atoms with Crippen molar-refractivity contribution in [2.24, 2.45) is 5.92 Å². The molecular weight excluding hydrogens is 480 g/mol. The van der Waals surface area contributed by atoms with E-state index in [2.05, 4.69) is 6.08 Å². The smallest absolute Gasteiger partial charge is 0.307 e. The molecule has 0 saturated heterocycles. The number of nitrogens with zero attached hydrogens (tertiary/aromatic N) is 2. The van der Waals surface area contributed by atoms with Gasteiger partial charge >= 0.3 is 5.97 Å². The number of benzene rings is 2. The van der Waals surface area contributed by atoms with Gasteiger partial charge in [-0.3, -0.25) is 14.5 Å². The molecule has 0 bridgehead atoms. The van der Waals surface area contributed by atoms with Gasteiger partial charge in [0, 0.05) is 22.5 Å². The molecule has 1 aliphatic heterocycles. The fourth-order valence-corrected chi connectivity index (χ4v) is 5.34. The number of allylic oxidation sites excluding steroid dienone is 1. The molecule has 0 spiro atoms. The van der Waals surface area contributed by atoms with Crippen molar-refractivity contribution in [3.8, 4) is 11.3 Å². The molecule has 0 radical (unpaired) electrons. The summed E-state index contributed by atoms with van der Waals surface area (Å²) < 4.78 is 5.61. The van der Waals surface area contributed by atoms with Gasteiger partial charge in [0.2, 0.25) is 5.91 Å². The number of hydrogen-bond donors (Lipinski definition) is 0. The summed E-state index contributed by atoms with van der Waals surface area (Å²) in [6.07, 6.45) is 4.75. The van der Waals surface area contributed by atoms with E-state index < -0.39 is 11.5 Å². The lowest BCUT2D eigenvalue weighted by molar-refractivity contribution is -0.157. The van der Waals surface area contributed by atoms with Crippen LogP contribution in [0.2, 0.25) is 5.02 Å². The predicted molar refractivity (Wildman–Crippen MR) is 142 cm³/mol. The van der Waals surface area contributed by atoms with E-state index in [1.54, 1.807) is 4.90 Å². The first kappa shape index (κ1) is 25.1. The van der Waals surface area contributed by atoms with Crippen LogP contribution in [0.25, 0.3) is 11.3 Å². The monoisotopic (exact) mass is 508 g/mol. The zero-order chi connectivity index (χ0) is 25.0. The molecule has 1 amide bonds. The van der Waals surface area contributed by atoms with E-state index in [0.717, 1.165) is 16.8 Å². The molecule has 0 N–H and O–H groups in total. The minimum Gasteiger partial charge on any atom is -0.460 e. The minimum absolute atomic E-state index is 0.00273. The first-order valence-corrected chi connectivity index (χ1v) is 12.9. The van der Waals surface area contributed by atoms with E-state index in [-0.39, 0.29) is 24.2 Å². The van der Waals surface area contributed by atoms with Crippen molar-refractivity contribution in [1.29, 1.82) is 0 Å². The number of aromatic nitrogens is 1. The van der Waals surface area contributed by atoms with Gasteiger partial charge in [-0.15, -0.1) is 11.3 Å². The van der Waals surface area contributed by atoms with Crippen molar-refractivity contribution in [2.45, 2.75) is 45.1 Å². The molecule has 0 aliphatic carbocycles. The maximum Gasteiger partial charge on any atom is 0.307 e. The molecular formula is C28H29ClN2O3S. The number of esters is 1.